The first-order valence-corrected chi connectivity index (χ1v) is 6.40. The van der Waals surface area contributed by atoms with E-state index in [9.17, 15) is 0 Å². The molecule has 0 spiro atoms. The van der Waals surface area contributed by atoms with E-state index in [1.807, 2.05) is 13.0 Å². The van der Waals surface area contributed by atoms with Crippen LogP contribution in [-0.2, 0) is 6.42 Å². The van der Waals surface area contributed by atoms with Gasteiger partial charge in [-0.3, -0.25) is 0 Å². The second-order valence-electron chi connectivity index (χ2n) is 4.48. The Hall–Kier alpha value is -1.06. The maximum Gasteiger partial charge on any atom is 0.0431 e. The van der Waals surface area contributed by atoms with Crippen LogP contribution in [-0.4, -0.2) is 24.8 Å². The van der Waals surface area contributed by atoms with Crippen molar-refractivity contribution >= 4 is 5.69 Å². The summed E-state index contributed by atoms with van der Waals surface area (Å²) in [4.78, 5) is 0. The van der Waals surface area contributed by atoms with E-state index in [1.165, 1.54) is 11.1 Å². The van der Waals surface area contributed by atoms with Gasteiger partial charge < -0.3 is 16.2 Å². The van der Waals surface area contributed by atoms with Gasteiger partial charge in [0.15, 0.2) is 0 Å². The van der Waals surface area contributed by atoms with Crippen LogP contribution in [0.3, 0.4) is 0 Å². The molecule has 17 heavy (non-hydrogen) atoms. The normalized spacial score (nSPS) is 10.7. The van der Waals surface area contributed by atoms with Crippen LogP contribution in [0.4, 0.5) is 5.69 Å². The van der Waals surface area contributed by atoms with Crippen molar-refractivity contribution < 1.29 is 5.11 Å². The predicted molar refractivity (Wildman–Crippen MR) is 73.1 cm³/mol. The summed E-state index contributed by atoms with van der Waals surface area (Å²) in [6.45, 7) is 4.38. The third-order valence-corrected chi connectivity index (χ3v) is 2.91. The molecule has 1 aromatic rings. The van der Waals surface area contributed by atoms with Crippen molar-refractivity contribution in [3.8, 4) is 0 Å². The van der Waals surface area contributed by atoms with E-state index in [1.54, 1.807) is 0 Å². The number of aryl methyl sites for hydroxylation is 2. The van der Waals surface area contributed by atoms with Gasteiger partial charge in [0.25, 0.3) is 0 Å². The van der Waals surface area contributed by atoms with Gasteiger partial charge in [0.1, 0.15) is 0 Å². The Morgan fingerprint density at radius 1 is 1.18 bits per heavy atom. The third-order valence-electron chi connectivity index (χ3n) is 2.91. The van der Waals surface area contributed by atoms with Gasteiger partial charge in [-0.15, -0.1) is 0 Å². The Labute approximate surface area is 104 Å². The molecule has 0 heterocycles. The maximum atomic E-state index is 8.63. The first-order valence-electron chi connectivity index (χ1n) is 6.40. The number of rotatable bonds is 8. The fraction of sp³-hybridized carbons (Fsp3) is 0.571. The van der Waals surface area contributed by atoms with Crippen LogP contribution in [0.25, 0.3) is 0 Å². The van der Waals surface area contributed by atoms with Gasteiger partial charge in [0, 0.05) is 12.3 Å². The van der Waals surface area contributed by atoms with E-state index in [0.717, 1.165) is 44.5 Å². The fourth-order valence-electron chi connectivity index (χ4n) is 1.80. The summed E-state index contributed by atoms with van der Waals surface area (Å²) < 4.78 is 0. The summed E-state index contributed by atoms with van der Waals surface area (Å²) in [5.74, 6) is 0. The molecule has 3 nitrogen and oxygen atoms in total. The number of nitrogen functional groups attached to an aromatic ring is 1. The highest BCUT2D eigenvalue weighted by Gasteiger charge is 1.97. The van der Waals surface area contributed by atoms with Crippen molar-refractivity contribution in [1.29, 1.82) is 0 Å². The molecule has 0 aliphatic heterocycles. The Kier molecular flexibility index (Phi) is 6.67. The van der Waals surface area contributed by atoms with Gasteiger partial charge in [-0.2, -0.15) is 0 Å². The van der Waals surface area contributed by atoms with Gasteiger partial charge in [0.2, 0.25) is 0 Å². The summed E-state index contributed by atoms with van der Waals surface area (Å²) in [6, 6.07) is 6.26. The molecule has 0 aliphatic rings. The standard InChI is InChI=1S/C14H24N2O/c1-12-11-13(6-7-14(12)15)5-4-9-16-8-2-3-10-17/h6-7,11,16-17H,2-5,8-10,15H2,1H3. The van der Waals surface area contributed by atoms with E-state index in [4.69, 9.17) is 10.8 Å². The van der Waals surface area contributed by atoms with Crippen LogP contribution in [0.15, 0.2) is 18.2 Å². The van der Waals surface area contributed by atoms with Crippen LogP contribution >= 0.6 is 0 Å². The number of hydrogen-bond donors (Lipinski definition) is 3. The average Bonchev–Trinajstić information content (AvgIpc) is 2.32. The molecule has 1 aromatic carbocycles. The SMILES string of the molecule is Cc1cc(CCCNCCCCO)ccc1N. The molecule has 0 fully saturated rings. The minimum atomic E-state index is 0.298. The van der Waals surface area contributed by atoms with E-state index >= 15 is 0 Å². The summed E-state index contributed by atoms with van der Waals surface area (Å²) in [6.07, 6.45) is 4.18. The van der Waals surface area contributed by atoms with E-state index in [-0.39, 0.29) is 0 Å². The highest BCUT2D eigenvalue weighted by Crippen LogP contribution is 2.13. The highest BCUT2D eigenvalue weighted by molar-refractivity contribution is 5.47. The lowest BCUT2D eigenvalue weighted by Crippen LogP contribution is -2.17. The average molecular weight is 236 g/mol. The first kappa shape index (κ1) is 14.0. The number of aliphatic hydroxyl groups is 1. The molecule has 0 aliphatic carbocycles. The smallest absolute Gasteiger partial charge is 0.0431 e. The second-order valence-corrected chi connectivity index (χ2v) is 4.48. The van der Waals surface area contributed by atoms with Crippen molar-refractivity contribution in [3.63, 3.8) is 0 Å². The largest absolute Gasteiger partial charge is 0.399 e. The highest BCUT2D eigenvalue weighted by atomic mass is 16.2. The van der Waals surface area contributed by atoms with Crippen LogP contribution in [0, 0.1) is 6.92 Å². The first-order chi connectivity index (χ1) is 8.24. The van der Waals surface area contributed by atoms with Gasteiger partial charge >= 0.3 is 0 Å². The molecule has 0 atom stereocenters. The van der Waals surface area contributed by atoms with Crippen molar-refractivity contribution in [3.05, 3.63) is 29.3 Å². The second kappa shape index (κ2) is 8.09. The van der Waals surface area contributed by atoms with Crippen molar-refractivity contribution in [2.75, 3.05) is 25.4 Å². The number of nitrogens with two attached hydrogens (primary N) is 1. The maximum absolute atomic E-state index is 8.63. The lowest BCUT2D eigenvalue weighted by Gasteiger charge is -2.06. The number of nitrogens with one attached hydrogen (secondary N) is 1. The third kappa shape index (κ3) is 5.71. The molecule has 0 unspecified atom stereocenters. The summed E-state index contributed by atoms with van der Waals surface area (Å²) in [7, 11) is 0. The van der Waals surface area contributed by atoms with E-state index in [2.05, 4.69) is 17.4 Å². The van der Waals surface area contributed by atoms with Crippen molar-refractivity contribution in [1.82, 2.24) is 5.32 Å². The molecule has 0 aromatic heterocycles. The van der Waals surface area contributed by atoms with Crippen LogP contribution in [0.5, 0.6) is 0 Å². The molecule has 0 bridgehead atoms. The van der Waals surface area contributed by atoms with Gasteiger partial charge in [0.05, 0.1) is 0 Å². The minimum Gasteiger partial charge on any atom is -0.399 e. The molecule has 0 radical (unpaired) electrons. The lowest BCUT2D eigenvalue weighted by atomic mass is 10.1. The molecule has 3 heteroatoms. The molecule has 0 saturated heterocycles. The minimum absolute atomic E-state index is 0.298. The zero-order valence-electron chi connectivity index (χ0n) is 10.7. The predicted octanol–water partition coefficient (Wildman–Crippen LogP) is 1.87. The molecular weight excluding hydrogens is 212 g/mol. The number of aliphatic hydroxyl groups excluding tert-OH is 1. The van der Waals surface area contributed by atoms with Crippen molar-refractivity contribution in [2.45, 2.75) is 32.6 Å². The van der Waals surface area contributed by atoms with Crippen molar-refractivity contribution in [2.24, 2.45) is 0 Å². The topological polar surface area (TPSA) is 58.3 Å². The lowest BCUT2D eigenvalue weighted by molar-refractivity contribution is 0.283. The van der Waals surface area contributed by atoms with Gasteiger partial charge in [-0.25, -0.2) is 0 Å². The van der Waals surface area contributed by atoms with E-state index in [0.29, 0.717) is 6.61 Å². The molecule has 96 valence electrons. The Balaban J connectivity index is 2.11. The Bertz CT molecular complexity index is 326. The molecule has 0 amide bonds. The molecular formula is C14H24N2O. The van der Waals surface area contributed by atoms with Gasteiger partial charge in [-0.05, 0) is 62.9 Å². The van der Waals surface area contributed by atoms with Gasteiger partial charge in [-0.1, -0.05) is 12.1 Å². The summed E-state index contributed by atoms with van der Waals surface area (Å²) in [5, 5.41) is 12.0. The molecule has 4 N–H and O–H groups in total. The number of anilines is 1. The number of hydrogen-bond acceptors (Lipinski definition) is 3. The Morgan fingerprint density at radius 2 is 1.94 bits per heavy atom. The van der Waals surface area contributed by atoms with Crippen LogP contribution < -0.4 is 11.1 Å². The zero-order chi connectivity index (χ0) is 12.5. The molecule has 0 saturated carbocycles. The number of unbranched alkanes of at least 4 members (excludes halogenated alkanes) is 1. The zero-order valence-corrected chi connectivity index (χ0v) is 10.7. The number of benzene rings is 1. The summed E-state index contributed by atoms with van der Waals surface area (Å²) >= 11 is 0. The Morgan fingerprint density at radius 3 is 2.65 bits per heavy atom. The van der Waals surface area contributed by atoms with E-state index < -0.39 is 0 Å². The monoisotopic (exact) mass is 236 g/mol. The van der Waals surface area contributed by atoms with Crippen LogP contribution in [0.2, 0.25) is 0 Å². The summed E-state index contributed by atoms with van der Waals surface area (Å²) in [5.41, 5.74) is 9.17. The fourth-order valence-corrected chi connectivity index (χ4v) is 1.80. The quantitative estimate of drug-likeness (QED) is 0.477. The molecule has 1 rings (SSSR count). The van der Waals surface area contributed by atoms with Crippen LogP contribution in [0.1, 0.15) is 30.4 Å².